The van der Waals surface area contributed by atoms with Crippen LogP contribution in [0.4, 0.5) is 0 Å². The van der Waals surface area contributed by atoms with Gasteiger partial charge in [0, 0.05) is 28.8 Å². The summed E-state index contributed by atoms with van der Waals surface area (Å²) in [6.07, 6.45) is 0.664. The smallest absolute Gasteiger partial charge is 0.259 e. The zero-order valence-electron chi connectivity index (χ0n) is 17.9. The van der Waals surface area contributed by atoms with Crippen LogP contribution in [0.25, 0.3) is 22.0 Å². The van der Waals surface area contributed by atoms with Crippen LogP contribution in [0, 0.1) is 0 Å². The number of aromatic nitrogens is 4. The first kappa shape index (κ1) is 20.8. The molecule has 1 aliphatic rings. The summed E-state index contributed by atoms with van der Waals surface area (Å²) in [4.78, 5) is 37.7. The molecular weight excluding hydrogens is 422 g/mol. The van der Waals surface area contributed by atoms with E-state index in [1.54, 1.807) is 42.6 Å². The molecule has 0 saturated carbocycles. The number of fused-ring (bicyclic) bond motifs is 5. The average molecular weight is 443 g/mol. The molecular formula is C24H21N5O4. The van der Waals surface area contributed by atoms with Gasteiger partial charge in [0.15, 0.2) is 5.78 Å². The summed E-state index contributed by atoms with van der Waals surface area (Å²) < 4.78 is 2.95. The monoisotopic (exact) mass is 443 g/mol. The fourth-order valence-corrected chi connectivity index (χ4v) is 4.31. The number of aliphatic hydroxyl groups is 1. The number of rotatable bonds is 6. The number of amides is 1. The third-order valence-electron chi connectivity index (χ3n) is 5.73. The number of carbonyl (C=O) groups excluding carboxylic acids is 2. The van der Waals surface area contributed by atoms with E-state index in [2.05, 4.69) is 15.6 Å². The van der Waals surface area contributed by atoms with Gasteiger partial charge in [0.25, 0.3) is 5.56 Å². The summed E-state index contributed by atoms with van der Waals surface area (Å²) in [6, 6.07) is 14.2. The van der Waals surface area contributed by atoms with E-state index in [0.29, 0.717) is 38.9 Å². The maximum absolute atomic E-state index is 13.4. The Morgan fingerprint density at radius 2 is 1.73 bits per heavy atom. The molecule has 9 nitrogen and oxygen atoms in total. The second kappa shape index (κ2) is 8.10. The number of hydrogen-bond donors (Lipinski definition) is 2. The fraction of sp³-hybridized carbons (Fsp3) is 0.208. The minimum absolute atomic E-state index is 0.0193. The molecule has 166 valence electrons. The summed E-state index contributed by atoms with van der Waals surface area (Å²) in [6.45, 7) is 1.73. The minimum atomic E-state index is -0.967. The predicted molar refractivity (Wildman–Crippen MR) is 121 cm³/mol. The molecule has 1 aliphatic carbocycles. The van der Waals surface area contributed by atoms with Gasteiger partial charge in [-0.05, 0) is 6.07 Å². The molecule has 0 saturated heterocycles. The van der Waals surface area contributed by atoms with Crippen LogP contribution in [0.2, 0.25) is 0 Å². The van der Waals surface area contributed by atoms with Gasteiger partial charge in [-0.3, -0.25) is 14.4 Å². The molecule has 33 heavy (non-hydrogen) atoms. The van der Waals surface area contributed by atoms with E-state index in [1.807, 2.05) is 12.1 Å². The summed E-state index contributed by atoms with van der Waals surface area (Å²) >= 11 is 0. The van der Waals surface area contributed by atoms with Crippen molar-refractivity contribution in [2.45, 2.75) is 32.7 Å². The quantitative estimate of drug-likeness (QED) is 0.411. The Kier molecular flexibility index (Phi) is 5.10. The number of hydrogen-bond acceptors (Lipinski definition) is 6. The van der Waals surface area contributed by atoms with E-state index < -0.39 is 6.10 Å². The standard InChI is InChI=1S/C24H21N5O4/c1-14(30)25-10-15-11-28(27-26-15)12-16(31)13-29-22-18-7-3-4-8-19(18)23(32)21(22)17-6-2-5-9-20(17)24(29)33/h2-9,11,16,31H,10,12-13H2,1H3,(H,25,30). The molecule has 2 N–H and O–H groups in total. The highest BCUT2D eigenvalue weighted by Crippen LogP contribution is 2.39. The lowest BCUT2D eigenvalue weighted by Crippen LogP contribution is -2.31. The molecule has 2 heterocycles. The van der Waals surface area contributed by atoms with Gasteiger partial charge < -0.3 is 15.0 Å². The molecule has 0 bridgehead atoms. The van der Waals surface area contributed by atoms with Crippen LogP contribution in [0.1, 0.15) is 28.5 Å². The van der Waals surface area contributed by atoms with Crippen molar-refractivity contribution in [2.24, 2.45) is 0 Å². The van der Waals surface area contributed by atoms with Crippen LogP contribution in [-0.2, 0) is 24.4 Å². The molecule has 5 rings (SSSR count). The number of aliphatic hydroxyl groups excluding tert-OH is 1. The Morgan fingerprint density at radius 1 is 1.03 bits per heavy atom. The Bertz CT molecular complexity index is 1470. The molecule has 2 aromatic heterocycles. The van der Waals surface area contributed by atoms with E-state index in [4.69, 9.17) is 0 Å². The summed E-state index contributed by atoms with van der Waals surface area (Å²) in [7, 11) is 0. The number of nitrogens with zero attached hydrogens (tertiary/aromatic N) is 4. The highest BCUT2D eigenvalue weighted by molar-refractivity contribution is 6.26. The van der Waals surface area contributed by atoms with E-state index >= 15 is 0 Å². The number of ketones is 1. The minimum Gasteiger partial charge on any atom is -0.389 e. The molecule has 0 fully saturated rings. The van der Waals surface area contributed by atoms with E-state index in [9.17, 15) is 19.5 Å². The largest absolute Gasteiger partial charge is 0.389 e. The molecule has 1 amide bonds. The Hall–Kier alpha value is -4.11. The van der Waals surface area contributed by atoms with E-state index in [0.717, 1.165) is 0 Å². The van der Waals surface area contributed by atoms with E-state index in [1.165, 1.54) is 16.2 Å². The molecule has 4 aromatic rings. The lowest BCUT2D eigenvalue weighted by atomic mass is 10.0. The van der Waals surface area contributed by atoms with Gasteiger partial charge in [0.05, 0.1) is 43.2 Å². The van der Waals surface area contributed by atoms with Crippen LogP contribution in [0.15, 0.2) is 59.5 Å². The number of carbonyl (C=O) groups is 2. The zero-order valence-corrected chi connectivity index (χ0v) is 17.9. The molecule has 2 aromatic carbocycles. The van der Waals surface area contributed by atoms with Gasteiger partial charge >= 0.3 is 0 Å². The van der Waals surface area contributed by atoms with Crippen LogP contribution in [0.5, 0.6) is 0 Å². The lowest BCUT2D eigenvalue weighted by Gasteiger charge is -2.18. The van der Waals surface area contributed by atoms with Gasteiger partial charge in [0.2, 0.25) is 5.91 Å². The maximum atomic E-state index is 13.4. The maximum Gasteiger partial charge on any atom is 0.259 e. The van der Waals surface area contributed by atoms with Crippen molar-refractivity contribution in [2.75, 3.05) is 0 Å². The molecule has 1 unspecified atom stereocenters. The van der Waals surface area contributed by atoms with Crippen LogP contribution in [0.3, 0.4) is 0 Å². The first-order valence-corrected chi connectivity index (χ1v) is 10.5. The Balaban J connectivity index is 1.52. The van der Waals surface area contributed by atoms with Crippen LogP contribution >= 0.6 is 0 Å². The first-order chi connectivity index (χ1) is 15.9. The van der Waals surface area contributed by atoms with Gasteiger partial charge in [-0.2, -0.15) is 0 Å². The van der Waals surface area contributed by atoms with Gasteiger partial charge in [-0.1, -0.05) is 47.7 Å². The van der Waals surface area contributed by atoms with Gasteiger partial charge in [-0.15, -0.1) is 5.10 Å². The summed E-state index contributed by atoms with van der Waals surface area (Å²) in [5.74, 6) is -0.303. The van der Waals surface area contributed by atoms with Crippen molar-refractivity contribution in [3.8, 4) is 11.3 Å². The zero-order chi connectivity index (χ0) is 23.1. The second-order valence-electron chi connectivity index (χ2n) is 8.06. The topological polar surface area (TPSA) is 119 Å². The van der Waals surface area contributed by atoms with Crippen LogP contribution < -0.4 is 10.9 Å². The van der Waals surface area contributed by atoms with Crippen molar-refractivity contribution >= 4 is 22.5 Å². The summed E-state index contributed by atoms with van der Waals surface area (Å²) in [5, 5.41) is 22.5. The predicted octanol–water partition coefficient (Wildman–Crippen LogP) is 1.50. The Labute approximate surface area is 188 Å². The number of benzene rings is 2. The van der Waals surface area contributed by atoms with Gasteiger partial charge in [0.1, 0.15) is 5.69 Å². The van der Waals surface area contributed by atoms with E-state index in [-0.39, 0.29) is 36.9 Å². The van der Waals surface area contributed by atoms with Crippen molar-refractivity contribution in [3.05, 3.63) is 81.9 Å². The second-order valence-corrected chi connectivity index (χ2v) is 8.06. The fourth-order valence-electron chi connectivity index (χ4n) is 4.31. The SMILES string of the molecule is CC(=O)NCc1cn(CC(O)Cn2c3c(c4ccccc4c2=O)C(=O)c2ccccc2-3)nn1. The highest BCUT2D eigenvalue weighted by atomic mass is 16.3. The number of pyridine rings is 1. The first-order valence-electron chi connectivity index (χ1n) is 10.5. The molecule has 1 atom stereocenters. The van der Waals surface area contributed by atoms with Crippen molar-refractivity contribution in [3.63, 3.8) is 0 Å². The molecule has 0 spiro atoms. The lowest BCUT2D eigenvalue weighted by molar-refractivity contribution is -0.119. The summed E-state index contributed by atoms with van der Waals surface area (Å²) in [5.41, 5.74) is 2.54. The normalized spacial score (nSPS) is 13.1. The van der Waals surface area contributed by atoms with Gasteiger partial charge in [-0.25, -0.2) is 4.68 Å². The third-order valence-corrected chi connectivity index (χ3v) is 5.73. The third kappa shape index (κ3) is 3.62. The van der Waals surface area contributed by atoms with Crippen molar-refractivity contribution < 1.29 is 14.7 Å². The molecule has 0 aliphatic heterocycles. The molecule has 9 heteroatoms. The Morgan fingerprint density at radius 3 is 2.48 bits per heavy atom. The highest BCUT2D eigenvalue weighted by Gasteiger charge is 2.32. The van der Waals surface area contributed by atoms with Crippen molar-refractivity contribution in [1.82, 2.24) is 24.9 Å². The van der Waals surface area contributed by atoms with Crippen molar-refractivity contribution in [1.29, 1.82) is 0 Å². The number of nitrogens with one attached hydrogen (secondary N) is 1. The van der Waals surface area contributed by atoms with Crippen LogP contribution in [-0.4, -0.2) is 42.5 Å². The molecule has 0 radical (unpaired) electrons. The average Bonchev–Trinajstić information content (AvgIpc) is 3.37.